The Bertz CT molecular complexity index is 824. The van der Waals surface area contributed by atoms with Crippen LogP contribution in [0.1, 0.15) is 48.0 Å². The fourth-order valence-electron chi connectivity index (χ4n) is 4.38. The number of nitrogens with zero attached hydrogens (tertiary/aromatic N) is 5. The maximum atomic E-state index is 12.5. The molecule has 1 N–H and O–H groups in total. The Morgan fingerprint density at radius 1 is 1.28 bits per heavy atom. The number of carbonyl (C=O) groups is 1. The first kappa shape index (κ1) is 20.6. The van der Waals surface area contributed by atoms with Gasteiger partial charge in [-0.3, -0.25) is 14.4 Å². The highest BCUT2D eigenvalue weighted by Crippen LogP contribution is 2.29. The van der Waals surface area contributed by atoms with E-state index < -0.39 is 0 Å². The molecular weight excluding hydrogens is 408 g/mol. The molecule has 158 valence electrons. The molecule has 29 heavy (non-hydrogen) atoms. The number of amides is 1. The summed E-state index contributed by atoms with van der Waals surface area (Å²) in [5.41, 5.74) is 0.791. The van der Waals surface area contributed by atoms with Gasteiger partial charge < -0.3 is 10.2 Å². The predicted molar refractivity (Wildman–Crippen MR) is 117 cm³/mol. The average molecular weight is 437 g/mol. The van der Waals surface area contributed by atoms with E-state index >= 15 is 0 Å². The molecule has 7 nitrogen and oxygen atoms in total. The quantitative estimate of drug-likeness (QED) is 0.779. The van der Waals surface area contributed by atoms with Crippen LogP contribution in [0.3, 0.4) is 0 Å². The second-order valence-electron chi connectivity index (χ2n) is 8.21. The largest absolute Gasteiger partial charge is 0.348 e. The molecule has 0 aliphatic carbocycles. The van der Waals surface area contributed by atoms with Gasteiger partial charge in [0.05, 0.1) is 29.7 Å². The van der Waals surface area contributed by atoms with Crippen molar-refractivity contribution in [2.45, 2.75) is 45.2 Å². The van der Waals surface area contributed by atoms with Gasteiger partial charge in [-0.25, -0.2) is 4.98 Å². The number of aryl methyl sites for hydroxylation is 1. The van der Waals surface area contributed by atoms with E-state index in [0.29, 0.717) is 22.5 Å². The molecule has 0 saturated carbocycles. The molecule has 1 amide bonds. The smallest absolute Gasteiger partial charge is 0.263 e. The summed E-state index contributed by atoms with van der Waals surface area (Å²) in [6.45, 7) is 7.22. The highest BCUT2D eigenvalue weighted by Gasteiger charge is 2.28. The zero-order valence-corrected chi connectivity index (χ0v) is 18.7. The summed E-state index contributed by atoms with van der Waals surface area (Å²) in [6.07, 6.45) is 8.31. The molecular formula is C20H29ClN6OS. The third-order valence-corrected chi connectivity index (χ3v) is 7.46. The number of nitrogens with one attached hydrogen (secondary N) is 1. The van der Waals surface area contributed by atoms with Gasteiger partial charge >= 0.3 is 0 Å². The van der Waals surface area contributed by atoms with Crippen LogP contribution >= 0.6 is 22.9 Å². The minimum absolute atomic E-state index is 0.122. The molecule has 0 aromatic carbocycles. The second-order valence-corrected chi connectivity index (χ2v) is 9.63. The van der Waals surface area contributed by atoms with Crippen LogP contribution in [0, 0.1) is 5.92 Å². The summed E-state index contributed by atoms with van der Waals surface area (Å²) >= 11 is 7.57. The summed E-state index contributed by atoms with van der Waals surface area (Å²) in [5, 5.41) is 8.51. The molecule has 2 aliphatic rings. The minimum Gasteiger partial charge on any atom is -0.348 e. The van der Waals surface area contributed by atoms with Crippen molar-refractivity contribution in [3.05, 3.63) is 28.0 Å². The molecule has 2 fully saturated rings. The molecule has 2 aromatic rings. The number of piperidine rings is 2. The van der Waals surface area contributed by atoms with Crippen LogP contribution in [-0.4, -0.2) is 57.8 Å². The van der Waals surface area contributed by atoms with Gasteiger partial charge in [-0.05, 0) is 38.1 Å². The van der Waals surface area contributed by atoms with Crippen molar-refractivity contribution in [1.82, 2.24) is 25.0 Å². The van der Waals surface area contributed by atoms with Gasteiger partial charge in [0, 0.05) is 32.7 Å². The number of rotatable bonds is 5. The number of carbonyl (C=O) groups excluding carboxylic acids is 1. The zero-order valence-electron chi connectivity index (χ0n) is 17.1. The first-order chi connectivity index (χ1) is 14.0. The van der Waals surface area contributed by atoms with Crippen molar-refractivity contribution < 1.29 is 4.79 Å². The van der Waals surface area contributed by atoms with E-state index in [-0.39, 0.29) is 5.91 Å². The Morgan fingerprint density at radius 2 is 2.07 bits per heavy atom. The number of hydrogen-bond donors (Lipinski definition) is 1. The van der Waals surface area contributed by atoms with Crippen LogP contribution in [0.2, 0.25) is 5.02 Å². The third kappa shape index (κ3) is 4.75. The van der Waals surface area contributed by atoms with Gasteiger partial charge in [0.25, 0.3) is 5.91 Å². The fourth-order valence-corrected chi connectivity index (χ4v) is 5.50. The Labute approximate surface area is 181 Å². The van der Waals surface area contributed by atoms with Crippen LogP contribution in [0.25, 0.3) is 0 Å². The molecule has 2 aliphatic heterocycles. The van der Waals surface area contributed by atoms with Crippen molar-refractivity contribution in [2.75, 3.05) is 31.1 Å². The summed E-state index contributed by atoms with van der Waals surface area (Å²) in [7, 11) is 1.81. The number of aromatic nitrogens is 3. The van der Waals surface area contributed by atoms with Crippen LogP contribution < -0.4 is 10.2 Å². The number of hydrogen-bond acceptors (Lipinski definition) is 6. The SMILES string of the molecule is C[C@@H]1CCCN(C2CCN(c3ncc(C(=O)NCc4c(Cl)cnn4C)s3)CC2)C1. The Balaban J connectivity index is 1.29. The molecule has 0 radical (unpaired) electrons. The van der Waals surface area contributed by atoms with Crippen molar-refractivity contribution in [3.63, 3.8) is 0 Å². The lowest BCUT2D eigenvalue weighted by molar-refractivity contribution is 0.0954. The molecule has 2 aromatic heterocycles. The van der Waals surface area contributed by atoms with Gasteiger partial charge in [-0.1, -0.05) is 29.9 Å². The van der Waals surface area contributed by atoms with E-state index in [9.17, 15) is 4.79 Å². The van der Waals surface area contributed by atoms with Crippen molar-refractivity contribution in [1.29, 1.82) is 0 Å². The van der Waals surface area contributed by atoms with Gasteiger partial charge in [0.15, 0.2) is 5.13 Å². The standard InChI is InChI=1S/C20H29ClN6OS/c1-14-4-3-7-27(13-14)15-5-8-26(9-6-15)20-23-12-18(29-20)19(28)22-11-17-16(21)10-24-25(17)2/h10,12,14-15H,3-9,11,13H2,1-2H3,(H,22,28)/t14-/m1/s1. The number of thiazole rings is 1. The molecule has 2 saturated heterocycles. The molecule has 1 atom stereocenters. The molecule has 4 heterocycles. The Kier molecular flexibility index (Phi) is 6.41. The summed E-state index contributed by atoms with van der Waals surface area (Å²) in [6, 6.07) is 0.695. The van der Waals surface area contributed by atoms with E-state index in [0.717, 1.165) is 29.8 Å². The highest BCUT2D eigenvalue weighted by molar-refractivity contribution is 7.17. The molecule has 0 unspecified atom stereocenters. The van der Waals surface area contributed by atoms with Crippen LogP contribution in [0.5, 0.6) is 0 Å². The van der Waals surface area contributed by atoms with Crippen LogP contribution in [-0.2, 0) is 13.6 Å². The molecule has 9 heteroatoms. The van der Waals surface area contributed by atoms with E-state index in [1.54, 1.807) is 17.1 Å². The van der Waals surface area contributed by atoms with Gasteiger partial charge in [0.1, 0.15) is 4.88 Å². The normalized spacial score (nSPS) is 21.5. The topological polar surface area (TPSA) is 66.3 Å². The maximum Gasteiger partial charge on any atom is 0.263 e. The van der Waals surface area contributed by atoms with Gasteiger partial charge in [-0.15, -0.1) is 0 Å². The predicted octanol–water partition coefficient (Wildman–Crippen LogP) is 3.16. The summed E-state index contributed by atoms with van der Waals surface area (Å²) < 4.78 is 1.67. The monoisotopic (exact) mass is 436 g/mol. The Morgan fingerprint density at radius 3 is 2.76 bits per heavy atom. The lowest BCUT2D eigenvalue weighted by atomic mass is 9.95. The molecule has 4 rings (SSSR count). The van der Waals surface area contributed by atoms with Crippen molar-refractivity contribution in [2.24, 2.45) is 13.0 Å². The lowest BCUT2D eigenvalue weighted by Crippen LogP contribution is -2.48. The van der Waals surface area contributed by atoms with Gasteiger partial charge in [-0.2, -0.15) is 5.10 Å². The maximum absolute atomic E-state index is 12.5. The Hall–Kier alpha value is -1.64. The average Bonchev–Trinajstić information content (AvgIpc) is 3.34. The lowest BCUT2D eigenvalue weighted by Gasteiger charge is -2.41. The number of likely N-dealkylation sites (tertiary alicyclic amines) is 1. The highest BCUT2D eigenvalue weighted by atomic mass is 35.5. The second kappa shape index (κ2) is 9.02. The van der Waals surface area contributed by atoms with Crippen LogP contribution in [0.4, 0.5) is 5.13 Å². The first-order valence-corrected chi connectivity index (χ1v) is 11.6. The molecule has 0 spiro atoms. The van der Waals surface area contributed by atoms with E-state index in [2.05, 4.69) is 32.1 Å². The van der Waals surface area contributed by atoms with Crippen LogP contribution in [0.15, 0.2) is 12.4 Å². The van der Waals surface area contributed by atoms with Gasteiger partial charge in [0.2, 0.25) is 0 Å². The minimum atomic E-state index is -0.122. The summed E-state index contributed by atoms with van der Waals surface area (Å²) in [5.74, 6) is 0.700. The molecule has 0 bridgehead atoms. The number of anilines is 1. The fraction of sp³-hybridized carbons (Fsp3) is 0.650. The summed E-state index contributed by atoms with van der Waals surface area (Å²) in [4.78, 5) is 22.7. The van der Waals surface area contributed by atoms with E-state index in [4.69, 9.17) is 11.6 Å². The van der Waals surface area contributed by atoms with Crippen molar-refractivity contribution in [3.8, 4) is 0 Å². The van der Waals surface area contributed by atoms with Crippen molar-refractivity contribution >= 4 is 34.0 Å². The number of halogens is 1. The zero-order chi connectivity index (χ0) is 20.4. The first-order valence-electron chi connectivity index (χ1n) is 10.4. The van der Waals surface area contributed by atoms with E-state index in [1.807, 2.05) is 7.05 Å². The van der Waals surface area contributed by atoms with E-state index in [1.165, 1.54) is 50.1 Å². The third-order valence-electron chi connectivity index (χ3n) is 6.08.